The Hall–Kier alpha value is 1.41. The molecule has 0 aromatic carbocycles. The number of phosphoric ester groups is 1. The zero-order valence-corrected chi connectivity index (χ0v) is 23.3. The lowest BCUT2D eigenvalue weighted by Crippen LogP contribution is -2.40. The van der Waals surface area contributed by atoms with E-state index in [4.69, 9.17) is 32.5 Å². The summed E-state index contributed by atoms with van der Waals surface area (Å²) in [5, 5.41) is 0. The van der Waals surface area contributed by atoms with E-state index >= 15 is 0 Å². The Bertz CT molecular complexity index is 500. The van der Waals surface area contributed by atoms with Crippen LogP contribution in [0.1, 0.15) is 47.0 Å². The fourth-order valence-corrected chi connectivity index (χ4v) is 6.58. The monoisotopic (exact) mass is 664 g/mol. The van der Waals surface area contributed by atoms with Crippen molar-refractivity contribution in [1.82, 2.24) is 0 Å². The Morgan fingerprint density at radius 2 is 1.62 bits per heavy atom. The van der Waals surface area contributed by atoms with Crippen LogP contribution in [0.25, 0.3) is 0 Å². The van der Waals surface area contributed by atoms with Crippen molar-refractivity contribution in [2.24, 2.45) is 0 Å². The molecule has 6 unspecified atom stereocenters. The Morgan fingerprint density at radius 1 is 1.00 bits per heavy atom. The molecule has 0 amide bonds. The number of methoxy groups -OCH3 is 2. The van der Waals surface area contributed by atoms with Crippen LogP contribution in [-0.4, -0.2) is 66.2 Å². The molecule has 3 aliphatic heterocycles. The third-order valence-electron chi connectivity index (χ3n) is 4.42. The van der Waals surface area contributed by atoms with Crippen LogP contribution in [0.2, 0.25) is 0 Å². The molecule has 0 spiro atoms. The van der Waals surface area contributed by atoms with Gasteiger partial charge in [0.15, 0.2) is 0 Å². The predicted molar refractivity (Wildman–Crippen MR) is 128 cm³/mol. The van der Waals surface area contributed by atoms with E-state index in [0.717, 1.165) is 6.42 Å². The molecule has 8 atom stereocenters. The normalized spacial score (nSPS) is 41.9. The SMILES string of the molecule is CC.CC.COCC1OC(I)C[C@@H]1OP1(=O)OCCC(C2OC(I)C[C@@H]2OC)O1. The summed E-state index contributed by atoms with van der Waals surface area (Å²) < 4.78 is 52.3. The fourth-order valence-electron chi connectivity index (χ4n) is 3.25. The molecule has 29 heavy (non-hydrogen) atoms. The van der Waals surface area contributed by atoms with Gasteiger partial charge in [-0.25, -0.2) is 4.57 Å². The smallest absolute Gasteiger partial charge is 0.382 e. The lowest BCUT2D eigenvalue weighted by molar-refractivity contribution is -0.0911. The molecule has 0 saturated carbocycles. The number of ether oxygens (including phenoxy) is 4. The second-order valence-electron chi connectivity index (χ2n) is 6.15. The molecule has 3 heterocycles. The molecule has 3 rings (SSSR count). The van der Waals surface area contributed by atoms with Gasteiger partial charge in [-0.05, 0) is 0 Å². The molecule has 0 bridgehead atoms. The first-order valence-electron chi connectivity index (χ1n) is 10.2. The summed E-state index contributed by atoms with van der Waals surface area (Å²) in [5.74, 6) is 0. The molecule has 3 aliphatic rings. The Kier molecular flexibility index (Phi) is 14.3. The van der Waals surface area contributed by atoms with Crippen molar-refractivity contribution in [2.45, 2.75) is 85.7 Å². The van der Waals surface area contributed by atoms with Gasteiger partial charge < -0.3 is 18.9 Å². The van der Waals surface area contributed by atoms with Gasteiger partial charge in [0.05, 0.1) is 19.3 Å². The number of phosphoric acid groups is 1. The highest BCUT2D eigenvalue weighted by molar-refractivity contribution is 14.1. The van der Waals surface area contributed by atoms with Gasteiger partial charge in [0.25, 0.3) is 0 Å². The van der Waals surface area contributed by atoms with Crippen molar-refractivity contribution < 1.29 is 37.1 Å². The average molecular weight is 664 g/mol. The van der Waals surface area contributed by atoms with Crippen molar-refractivity contribution in [3.63, 3.8) is 0 Å². The Balaban J connectivity index is 0.000000989. The number of halogens is 2. The fraction of sp³-hybridized carbons (Fsp3) is 1.00. The van der Waals surface area contributed by atoms with Crippen molar-refractivity contribution in [3.8, 4) is 0 Å². The Morgan fingerprint density at radius 3 is 2.24 bits per heavy atom. The average Bonchev–Trinajstić information content (AvgIpc) is 3.26. The van der Waals surface area contributed by atoms with Gasteiger partial charge in [0.1, 0.15) is 32.6 Å². The van der Waals surface area contributed by atoms with Gasteiger partial charge in [-0.3, -0.25) is 13.6 Å². The van der Waals surface area contributed by atoms with Crippen LogP contribution in [0.4, 0.5) is 0 Å². The van der Waals surface area contributed by atoms with Crippen molar-refractivity contribution in [2.75, 3.05) is 27.4 Å². The zero-order chi connectivity index (χ0) is 22.0. The molecular weight excluding hydrogens is 629 g/mol. The number of alkyl halides is 2. The summed E-state index contributed by atoms with van der Waals surface area (Å²) in [6.45, 7) is 8.65. The van der Waals surface area contributed by atoms with E-state index in [2.05, 4.69) is 45.2 Å². The second-order valence-corrected chi connectivity index (χ2v) is 10.5. The van der Waals surface area contributed by atoms with E-state index in [9.17, 15) is 4.57 Å². The van der Waals surface area contributed by atoms with Crippen molar-refractivity contribution >= 4 is 53.0 Å². The first-order chi connectivity index (χ1) is 13.9. The van der Waals surface area contributed by atoms with Gasteiger partial charge in [0, 0.05) is 33.5 Å². The minimum absolute atomic E-state index is 0.0225. The van der Waals surface area contributed by atoms with Crippen LogP contribution in [0.15, 0.2) is 0 Å². The Labute approximate surface area is 202 Å². The summed E-state index contributed by atoms with van der Waals surface area (Å²) >= 11 is 4.40. The van der Waals surface area contributed by atoms with Crippen LogP contribution in [0.3, 0.4) is 0 Å². The first kappa shape index (κ1) is 28.4. The van der Waals surface area contributed by atoms with E-state index in [1.54, 1.807) is 14.2 Å². The number of rotatable bonds is 6. The number of hydrogen-bond acceptors (Lipinski definition) is 8. The van der Waals surface area contributed by atoms with Crippen molar-refractivity contribution in [1.29, 1.82) is 0 Å². The molecule has 11 heteroatoms. The van der Waals surface area contributed by atoms with E-state index in [-0.39, 0.29) is 32.6 Å². The summed E-state index contributed by atoms with van der Waals surface area (Å²) in [5.41, 5.74) is 0. The maximum Gasteiger partial charge on any atom is 0.475 e. The van der Waals surface area contributed by atoms with Gasteiger partial charge in [-0.2, -0.15) is 0 Å². The molecule has 3 saturated heterocycles. The van der Waals surface area contributed by atoms with Gasteiger partial charge in [0.2, 0.25) is 0 Å². The molecule has 0 aromatic heterocycles. The van der Waals surface area contributed by atoms with Gasteiger partial charge in [-0.1, -0.05) is 72.9 Å². The molecule has 0 aromatic rings. The summed E-state index contributed by atoms with van der Waals surface area (Å²) in [7, 11) is -0.450. The molecule has 0 N–H and O–H groups in total. The molecule has 0 radical (unpaired) electrons. The second kappa shape index (κ2) is 14.5. The number of hydrogen-bond donors (Lipinski definition) is 0. The first-order valence-corrected chi connectivity index (χ1v) is 14.1. The zero-order valence-electron chi connectivity index (χ0n) is 18.0. The quantitative estimate of drug-likeness (QED) is 0.221. The highest BCUT2D eigenvalue weighted by atomic mass is 127. The summed E-state index contributed by atoms with van der Waals surface area (Å²) in [6.07, 6.45) is 0.516. The van der Waals surface area contributed by atoms with E-state index < -0.39 is 13.9 Å². The molecule has 3 fully saturated rings. The molecule has 174 valence electrons. The standard InChI is InChI=1S/C14H23I2O8P.2C2H6/c1-18-7-11-9(5-12(15)21-11)24-25(17)20-4-3-8(23-25)14-10(19-2)6-13(16)22-14;2*1-2/h8-14H,3-7H2,1-2H3;2*1-2H3/t8?,9-,10-,11?,12?,13?,14?,25?;;/m0../s1. The van der Waals surface area contributed by atoms with Crippen LogP contribution in [0, 0.1) is 0 Å². The molecule has 8 nitrogen and oxygen atoms in total. The lowest BCUT2D eigenvalue weighted by Gasteiger charge is -2.34. The molecular formula is C18H35I2O8P. The predicted octanol–water partition coefficient (Wildman–Crippen LogP) is 5.10. The van der Waals surface area contributed by atoms with Gasteiger partial charge in [-0.15, -0.1) is 0 Å². The van der Waals surface area contributed by atoms with Gasteiger partial charge >= 0.3 is 7.82 Å². The van der Waals surface area contributed by atoms with Crippen LogP contribution >= 0.6 is 53.0 Å². The third-order valence-corrected chi connectivity index (χ3v) is 7.59. The third kappa shape index (κ3) is 8.36. The van der Waals surface area contributed by atoms with E-state index in [0.29, 0.717) is 26.1 Å². The lowest BCUT2D eigenvalue weighted by atomic mass is 10.1. The van der Waals surface area contributed by atoms with Crippen molar-refractivity contribution in [3.05, 3.63) is 0 Å². The minimum atomic E-state index is -3.69. The van der Waals surface area contributed by atoms with Crippen LogP contribution < -0.4 is 0 Å². The summed E-state index contributed by atoms with van der Waals surface area (Å²) in [4.78, 5) is 0. The maximum atomic E-state index is 13.0. The highest BCUT2D eigenvalue weighted by Crippen LogP contribution is 2.57. The molecule has 0 aliphatic carbocycles. The minimum Gasteiger partial charge on any atom is -0.382 e. The van der Waals surface area contributed by atoms with E-state index in [1.807, 2.05) is 27.7 Å². The van der Waals surface area contributed by atoms with Crippen LogP contribution in [0.5, 0.6) is 0 Å². The summed E-state index contributed by atoms with van der Waals surface area (Å²) in [6, 6.07) is 0. The van der Waals surface area contributed by atoms with Crippen LogP contribution in [-0.2, 0) is 37.1 Å². The largest absolute Gasteiger partial charge is 0.475 e. The topological polar surface area (TPSA) is 81.7 Å². The highest BCUT2D eigenvalue weighted by Gasteiger charge is 2.48. The van der Waals surface area contributed by atoms with E-state index in [1.165, 1.54) is 0 Å². The maximum absolute atomic E-state index is 13.0.